The van der Waals surface area contributed by atoms with Gasteiger partial charge < -0.3 is 10.1 Å². The lowest BCUT2D eigenvalue weighted by atomic mass is 10.0. The van der Waals surface area contributed by atoms with Gasteiger partial charge in [-0.3, -0.25) is 4.79 Å². The second kappa shape index (κ2) is 8.20. The van der Waals surface area contributed by atoms with Gasteiger partial charge in [0.25, 0.3) is 5.91 Å². The molecule has 0 atom stereocenters. The largest absolute Gasteiger partial charge is 0.493 e. The van der Waals surface area contributed by atoms with Crippen LogP contribution in [-0.2, 0) is 4.79 Å². The summed E-state index contributed by atoms with van der Waals surface area (Å²) in [7, 11) is 0. The Balaban J connectivity index is 2.05. The third-order valence-electron chi connectivity index (χ3n) is 4.28. The maximum atomic E-state index is 12.7. The molecule has 0 aliphatic rings. The van der Waals surface area contributed by atoms with Crippen LogP contribution in [0.15, 0.2) is 66.2 Å². The summed E-state index contributed by atoms with van der Waals surface area (Å²) in [5.41, 5.74) is 2.37. The van der Waals surface area contributed by atoms with Gasteiger partial charge >= 0.3 is 0 Å². The first-order valence-corrected chi connectivity index (χ1v) is 8.77. The molecule has 1 amide bonds. The minimum Gasteiger partial charge on any atom is -0.493 e. The Morgan fingerprint density at radius 3 is 2.59 bits per heavy atom. The molecule has 3 aromatic rings. The van der Waals surface area contributed by atoms with Crippen molar-refractivity contribution in [2.45, 2.75) is 13.8 Å². The first-order valence-electron chi connectivity index (χ1n) is 8.77. The standard InChI is InChI=1S/C23H20N2O2/c1-3-27-22-13-12-17-9-5-6-10-19(17)20(22)14-18(15-24)23(26)25-21-11-7-4-8-16(21)2/h4-14H,3H2,1-2H3,(H,25,26)/b18-14+. The van der Waals surface area contributed by atoms with Gasteiger partial charge in [-0.15, -0.1) is 0 Å². The number of nitrogens with zero attached hydrogens (tertiary/aromatic N) is 1. The van der Waals surface area contributed by atoms with Gasteiger partial charge in [-0.05, 0) is 48.4 Å². The van der Waals surface area contributed by atoms with E-state index in [1.165, 1.54) is 0 Å². The number of carbonyl (C=O) groups excluding carboxylic acids is 1. The lowest BCUT2D eigenvalue weighted by molar-refractivity contribution is -0.112. The molecule has 0 radical (unpaired) electrons. The first-order chi connectivity index (χ1) is 13.1. The van der Waals surface area contributed by atoms with Gasteiger partial charge in [0, 0.05) is 11.3 Å². The smallest absolute Gasteiger partial charge is 0.266 e. The molecule has 0 unspecified atom stereocenters. The molecule has 4 heteroatoms. The second-order valence-electron chi connectivity index (χ2n) is 6.07. The highest BCUT2D eigenvalue weighted by Gasteiger charge is 2.14. The van der Waals surface area contributed by atoms with E-state index < -0.39 is 5.91 Å². The highest BCUT2D eigenvalue weighted by molar-refractivity contribution is 6.11. The molecule has 4 nitrogen and oxygen atoms in total. The number of rotatable bonds is 5. The van der Waals surface area contributed by atoms with Gasteiger partial charge in [0.2, 0.25) is 0 Å². The predicted octanol–water partition coefficient (Wildman–Crippen LogP) is 5.09. The van der Waals surface area contributed by atoms with Crippen LogP contribution < -0.4 is 10.1 Å². The second-order valence-corrected chi connectivity index (χ2v) is 6.07. The van der Waals surface area contributed by atoms with Crippen molar-refractivity contribution < 1.29 is 9.53 Å². The molecular weight excluding hydrogens is 336 g/mol. The zero-order valence-corrected chi connectivity index (χ0v) is 15.3. The van der Waals surface area contributed by atoms with Gasteiger partial charge in [0.1, 0.15) is 17.4 Å². The number of nitrogens with one attached hydrogen (secondary N) is 1. The fraction of sp³-hybridized carbons (Fsp3) is 0.130. The zero-order chi connectivity index (χ0) is 19.2. The minimum absolute atomic E-state index is 0.0237. The number of anilines is 1. The van der Waals surface area contributed by atoms with Crippen LogP contribution in [-0.4, -0.2) is 12.5 Å². The monoisotopic (exact) mass is 356 g/mol. The van der Waals surface area contributed by atoms with E-state index in [4.69, 9.17) is 4.74 Å². The van der Waals surface area contributed by atoms with Crippen LogP contribution in [0.4, 0.5) is 5.69 Å². The van der Waals surface area contributed by atoms with E-state index in [1.54, 1.807) is 6.08 Å². The molecule has 0 spiro atoms. The van der Waals surface area contributed by atoms with E-state index >= 15 is 0 Å². The molecule has 0 bridgehead atoms. The van der Waals surface area contributed by atoms with E-state index in [0.717, 1.165) is 21.9 Å². The molecule has 3 aromatic carbocycles. The van der Waals surface area contributed by atoms with Gasteiger partial charge in [-0.25, -0.2) is 0 Å². The van der Waals surface area contributed by atoms with E-state index in [1.807, 2.05) is 80.6 Å². The number of nitriles is 1. The molecule has 134 valence electrons. The summed E-state index contributed by atoms with van der Waals surface area (Å²) in [5.74, 6) is 0.204. The summed E-state index contributed by atoms with van der Waals surface area (Å²) >= 11 is 0. The number of aryl methyl sites for hydroxylation is 1. The van der Waals surface area contributed by atoms with E-state index in [9.17, 15) is 10.1 Å². The van der Waals surface area contributed by atoms with Crippen molar-refractivity contribution in [3.63, 3.8) is 0 Å². The number of amides is 1. The van der Waals surface area contributed by atoms with Crippen LogP contribution in [0.5, 0.6) is 5.75 Å². The lowest BCUT2D eigenvalue weighted by Crippen LogP contribution is -2.14. The topological polar surface area (TPSA) is 62.1 Å². The van der Waals surface area contributed by atoms with Crippen molar-refractivity contribution in [2.75, 3.05) is 11.9 Å². The lowest BCUT2D eigenvalue weighted by Gasteiger charge is -2.12. The molecule has 0 saturated carbocycles. The maximum Gasteiger partial charge on any atom is 0.266 e. The summed E-state index contributed by atoms with van der Waals surface area (Å²) in [5, 5.41) is 14.3. The Bertz CT molecular complexity index is 1060. The van der Waals surface area contributed by atoms with Gasteiger partial charge in [-0.1, -0.05) is 48.5 Å². The van der Waals surface area contributed by atoms with Gasteiger partial charge in [-0.2, -0.15) is 5.26 Å². The Morgan fingerprint density at radius 1 is 1.11 bits per heavy atom. The molecule has 0 fully saturated rings. The Morgan fingerprint density at radius 2 is 1.85 bits per heavy atom. The molecule has 0 saturated heterocycles. The molecule has 0 aliphatic carbocycles. The third kappa shape index (κ3) is 3.99. The van der Waals surface area contributed by atoms with Crippen molar-refractivity contribution in [2.24, 2.45) is 0 Å². The number of benzene rings is 3. The molecular formula is C23H20N2O2. The molecule has 27 heavy (non-hydrogen) atoms. The SMILES string of the molecule is CCOc1ccc2ccccc2c1/C=C(\C#N)C(=O)Nc1ccccc1C. The van der Waals surface area contributed by atoms with Crippen LogP contribution in [0, 0.1) is 18.3 Å². The van der Waals surface area contributed by atoms with Crippen molar-refractivity contribution in [1.82, 2.24) is 0 Å². The third-order valence-corrected chi connectivity index (χ3v) is 4.28. The average Bonchev–Trinajstić information content (AvgIpc) is 2.69. The Kier molecular flexibility index (Phi) is 5.53. The molecule has 1 N–H and O–H groups in total. The maximum absolute atomic E-state index is 12.7. The van der Waals surface area contributed by atoms with Crippen LogP contribution >= 0.6 is 0 Å². The average molecular weight is 356 g/mol. The van der Waals surface area contributed by atoms with E-state index in [2.05, 4.69) is 5.32 Å². The van der Waals surface area contributed by atoms with Crippen LogP contribution in [0.3, 0.4) is 0 Å². The summed E-state index contributed by atoms with van der Waals surface area (Å²) < 4.78 is 5.72. The number of carbonyl (C=O) groups is 1. The summed E-state index contributed by atoms with van der Waals surface area (Å²) in [6.45, 7) is 4.30. The minimum atomic E-state index is -0.442. The number of ether oxygens (including phenoxy) is 1. The molecule has 0 aliphatic heterocycles. The Labute approximate surface area is 158 Å². The van der Waals surface area contributed by atoms with Crippen molar-refractivity contribution in [3.8, 4) is 11.8 Å². The summed E-state index contributed by atoms with van der Waals surface area (Å²) in [6, 6.07) is 21.1. The highest BCUT2D eigenvalue weighted by Crippen LogP contribution is 2.30. The fourth-order valence-electron chi connectivity index (χ4n) is 2.90. The summed E-state index contributed by atoms with van der Waals surface area (Å²) in [6.07, 6.45) is 1.60. The summed E-state index contributed by atoms with van der Waals surface area (Å²) in [4.78, 5) is 12.7. The van der Waals surface area contributed by atoms with E-state index in [0.29, 0.717) is 18.0 Å². The number of para-hydroxylation sites is 1. The molecule has 3 rings (SSSR count). The van der Waals surface area contributed by atoms with Gasteiger partial charge in [0.15, 0.2) is 0 Å². The van der Waals surface area contributed by atoms with Crippen LogP contribution in [0.2, 0.25) is 0 Å². The van der Waals surface area contributed by atoms with Gasteiger partial charge in [0.05, 0.1) is 6.61 Å². The Hall–Kier alpha value is -3.58. The zero-order valence-electron chi connectivity index (χ0n) is 15.3. The fourth-order valence-corrected chi connectivity index (χ4v) is 2.90. The highest BCUT2D eigenvalue weighted by atomic mass is 16.5. The quantitative estimate of drug-likeness (QED) is 0.511. The normalized spacial score (nSPS) is 11.1. The number of fused-ring (bicyclic) bond motifs is 1. The van der Waals surface area contributed by atoms with Crippen molar-refractivity contribution in [3.05, 3.63) is 77.4 Å². The molecule has 0 heterocycles. The number of hydrogen-bond donors (Lipinski definition) is 1. The van der Waals surface area contributed by atoms with E-state index in [-0.39, 0.29) is 5.57 Å². The molecule has 0 aromatic heterocycles. The van der Waals surface area contributed by atoms with Crippen LogP contribution in [0.1, 0.15) is 18.1 Å². The van der Waals surface area contributed by atoms with Crippen LogP contribution in [0.25, 0.3) is 16.8 Å². The number of hydrogen-bond acceptors (Lipinski definition) is 3. The van der Waals surface area contributed by atoms with Crippen molar-refractivity contribution >= 4 is 28.4 Å². The van der Waals surface area contributed by atoms with Crippen molar-refractivity contribution in [1.29, 1.82) is 5.26 Å². The first kappa shape index (κ1) is 18.2. The predicted molar refractivity (Wildman–Crippen MR) is 109 cm³/mol.